The minimum absolute atomic E-state index is 0.744. The van der Waals surface area contributed by atoms with Gasteiger partial charge in [-0.3, -0.25) is 4.68 Å². The Hall–Kier alpha value is -2.43. The Balaban J connectivity index is 1.88. The fourth-order valence-electron chi connectivity index (χ4n) is 2.09. The van der Waals surface area contributed by atoms with Gasteiger partial charge in [-0.1, -0.05) is 24.3 Å². The number of anilines is 1. The Morgan fingerprint density at radius 2 is 2.05 bits per heavy atom. The first-order valence-corrected chi connectivity index (χ1v) is 6.17. The average Bonchev–Trinajstić information content (AvgIpc) is 2.81. The van der Waals surface area contributed by atoms with Gasteiger partial charge in [0.25, 0.3) is 0 Å². The van der Waals surface area contributed by atoms with Crippen molar-refractivity contribution in [1.29, 1.82) is 0 Å². The molecule has 0 saturated heterocycles. The van der Waals surface area contributed by atoms with E-state index in [0.717, 1.165) is 23.4 Å². The van der Waals surface area contributed by atoms with Crippen LogP contribution in [-0.4, -0.2) is 19.7 Å². The molecule has 1 N–H and O–H groups in total. The number of benzene rings is 1. The number of rotatable bonds is 3. The highest BCUT2D eigenvalue weighted by molar-refractivity contribution is 5.85. The standard InChI is InChI=1S/C14H15N5/c1-10-5-3-4-6-11(10)7-15-13-12-8-18-19(2)14(12)17-9-16-13/h3-6,8-9H,7H2,1-2H3,(H,15,16,17). The summed E-state index contributed by atoms with van der Waals surface area (Å²) in [6.45, 7) is 2.85. The minimum Gasteiger partial charge on any atom is -0.365 e. The first-order valence-electron chi connectivity index (χ1n) is 6.17. The maximum Gasteiger partial charge on any atom is 0.163 e. The van der Waals surface area contributed by atoms with Crippen LogP contribution in [0.2, 0.25) is 0 Å². The van der Waals surface area contributed by atoms with E-state index >= 15 is 0 Å². The molecule has 96 valence electrons. The van der Waals surface area contributed by atoms with Crippen molar-refractivity contribution in [3.05, 3.63) is 47.9 Å². The van der Waals surface area contributed by atoms with Crippen LogP contribution in [0.25, 0.3) is 11.0 Å². The van der Waals surface area contributed by atoms with Crippen LogP contribution in [0.5, 0.6) is 0 Å². The highest BCUT2D eigenvalue weighted by Crippen LogP contribution is 2.19. The molecule has 0 aliphatic carbocycles. The fraction of sp³-hybridized carbons (Fsp3) is 0.214. The maximum atomic E-state index is 4.29. The number of fused-ring (bicyclic) bond motifs is 1. The molecule has 5 heteroatoms. The molecule has 2 aromatic heterocycles. The summed E-state index contributed by atoms with van der Waals surface area (Å²) in [6, 6.07) is 8.31. The third-order valence-corrected chi connectivity index (χ3v) is 3.24. The van der Waals surface area contributed by atoms with Crippen LogP contribution < -0.4 is 5.32 Å². The average molecular weight is 253 g/mol. The first-order chi connectivity index (χ1) is 9.25. The molecule has 3 rings (SSSR count). The van der Waals surface area contributed by atoms with E-state index in [9.17, 15) is 0 Å². The lowest BCUT2D eigenvalue weighted by molar-refractivity contribution is 0.785. The van der Waals surface area contributed by atoms with Crippen LogP contribution in [0.4, 0.5) is 5.82 Å². The normalized spacial score (nSPS) is 10.8. The zero-order chi connectivity index (χ0) is 13.2. The smallest absolute Gasteiger partial charge is 0.163 e. The molecule has 0 saturated carbocycles. The second-order valence-electron chi connectivity index (χ2n) is 4.51. The van der Waals surface area contributed by atoms with E-state index in [0.29, 0.717) is 0 Å². The van der Waals surface area contributed by atoms with E-state index in [2.05, 4.69) is 39.4 Å². The zero-order valence-corrected chi connectivity index (χ0v) is 11.0. The molecule has 0 amide bonds. The molecule has 0 fully saturated rings. The molecular formula is C14H15N5. The van der Waals surface area contributed by atoms with Crippen molar-refractivity contribution in [2.45, 2.75) is 13.5 Å². The molecule has 0 unspecified atom stereocenters. The molecule has 2 heterocycles. The maximum absolute atomic E-state index is 4.29. The third kappa shape index (κ3) is 2.14. The Kier molecular flexibility index (Phi) is 2.87. The lowest BCUT2D eigenvalue weighted by Crippen LogP contribution is -2.03. The van der Waals surface area contributed by atoms with Crippen molar-refractivity contribution < 1.29 is 0 Å². The van der Waals surface area contributed by atoms with Crippen LogP contribution in [-0.2, 0) is 13.6 Å². The number of hydrogen-bond acceptors (Lipinski definition) is 4. The summed E-state index contributed by atoms with van der Waals surface area (Å²) >= 11 is 0. The van der Waals surface area contributed by atoms with Crippen molar-refractivity contribution in [2.75, 3.05) is 5.32 Å². The number of nitrogens with one attached hydrogen (secondary N) is 1. The summed E-state index contributed by atoms with van der Waals surface area (Å²) in [5, 5.41) is 8.50. The van der Waals surface area contributed by atoms with Crippen molar-refractivity contribution in [1.82, 2.24) is 19.7 Å². The van der Waals surface area contributed by atoms with Crippen LogP contribution in [0.15, 0.2) is 36.8 Å². The summed E-state index contributed by atoms with van der Waals surface area (Å²) in [4.78, 5) is 8.51. The van der Waals surface area contributed by atoms with Gasteiger partial charge in [0.15, 0.2) is 5.65 Å². The van der Waals surface area contributed by atoms with Gasteiger partial charge in [0.1, 0.15) is 12.1 Å². The number of aryl methyl sites for hydroxylation is 2. The van der Waals surface area contributed by atoms with Crippen LogP contribution >= 0.6 is 0 Å². The first kappa shape index (κ1) is 11.6. The van der Waals surface area contributed by atoms with E-state index in [4.69, 9.17) is 0 Å². The summed E-state index contributed by atoms with van der Waals surface area (Å²) in [5.41, 5.74) is 3.37. The van der Waals surface area contributed by atoms with E-state index in [1.807, 2.05) is 19.2 Å². The molecule has 0 radical (unpaired) electrons. The lowest BCUT2D eigenvalue weighted by atomic mass is 10.1. The van der Waals surface area contributed by atoms with Crippen LogP contribution in [0, 0.1) is 6.92 Å². The van der Waals surface area contributed by atoms with Crippen LogP contribution in [0.3, 0.4) is 0 Å². The molecule has 19 heavy (non-hydrogen) atoms. The van der Waals surface area contributed by atoms with E-state index in [-0.39, 0.29) is 0 Å². The van der Waals surface area contributed by atoms with Crippen molar-refractivity contribution in [3.63, 3.8) is 0 Å². The summed E-state index contributed by atoms with van der Waals surface area (Å²) in [7, 11) is 1.88. The number of aromatic nitrogens is 4. The van der Waals surface area contributed by atoms with Gasteiger partial charge < -0.3 is 5.32 Å². The van der Waals surface area contributed by atoms with Gasteiger partial charge in [-0.15, -0.1) is 0 Å². The SMILES string of the molecule is Cc1ccccc1CNc1ncnc2c1cnn2C. The Bertz CT molecular complexity index is 717. The van der Waals surface area contributed by atoms with Gasteiger partial charge in [0, 0.05) is 13.6 Å². The number of nitrogens with zero attached hydrogens (tertiary/aromatic N) is 4. The Morgan fingerprint density at radius 1 is 1.21 bits per heavy atom. The highest BCUT2D eigenvalue weighted by atomic mass is 15.3. The molecule has 1 aromatic carbocycles. The van der Waals surface area contributed by atoms with Gasteiger partial charge in [-0.05, 0) is 18.1 Å². The molecule has 0 spiro atoms. The molecule has 3 aromatic rings. The van der Waals surface area contributed by atoms with Gasteiger partial charge >= 0.3 is 0 Å². The van der Waals surface area contributed by atoms with Gasteiger partial charge in [0.05, 0.1) is 11.6 Å². The van der Waals surface area contributed by atoms with Crippen LogP contribution in [0.1, 0.15) is 11.1 Å². The van der Waals surface area contributed by atoms with Gasteiger partial charge in [-0.2, -0.15) is 5.10 Å². The quantitative estimate of drug-likeness (QED) is 0.778. The minimum atomic E-state index is 0.744. The van der Waals surface area contributed by atoms with Crippen molar-refractivity contribution in [3.8, 4) is 0 Å². The molecule has 0 aliphatic rings. The second-order valence-corrected chi connectivity index (χ2v) is 4.51. The molecule has 0 aliphatic heterocycles. The van der Waals surface area contributed by atoms with Crippen molar-refractivity contribution in [2.24, 2.45) is 7.05 Å². The molecule has 0 atom stereocenters. The lowest BCUT2D eigenvalue weighted by Gasteiger charge is -2.08. The Morgan fingerprint density at radius 3 is 2.89 bits per heavy atom. The fourth-order valence-corrected chi connectivity index (χ4v) is 2.09. The van der Waals surface area contributed by atoms with E-state index in [1.165, 1.54) is 11.1 Å². The predicted molar refractivity (Wildman–Crippen MR) is 74.8 cm³/mol. The highest BCUT2D eigenvalue weighted by Gasteiger charge is 2.07. The van der Waals surface area contributed by atoms with Crippen molar-refractivity contribution >= 4 is 16.9 Å². The van der Waals surface area contributed by atoms with Gasteiger partial charge in [-0.25, -0.2) is 9.97 Å². The van der Waals surface area contributed by atoms with Gasteiger partial charge in [0.2, 0.25) is 0 Å². The van der Waals surface area contributed by atoms with E-state index < -0.39 is 0 Å². The van der Waals surface area contributed by atoms with E-state index in [1.54, 1.807) is 17.2 Å². The topological polar surface area (TPSA) is 55.6 Å². The summed E-state index contributed by atoms with van der Waals surface area (Å²) in [6.07, 6.45) is 3.35. The number of hydrogen-bond donors (Lipinski definition) is 1. The monoisotopic (exact) mass is 253 g/mol. The third-order valence-electron chi connectivity index (χ3n) is 3.24. The largest absolute Gasteiger partial charge is 0.365 e. The summed E-state index contributed by atoms with van der Waals surface area (Å²) in [5.74, 6) is 0.821. The molecule has 0 bridgehead atoms. The summed E-state index contributed by atoms with van der Waals surface area (Å²) < 4.78 is 1.75. The molecule has 5 nitrogen and oxygen atoms in total. The second kappa shape index (κ2) is 4.68. The molecular weight excluding hydrogens is 238 g/mol. The Labute approximate surface area is 111 Å². The predicted octanol–water partition coefficient (Wildman–Crippen LogP) is 2.28. The zero-order valence-electron chi connectivity index (χ0n) is 11.0.